The van der Waals surface area contributed by atoms with Gasteiger partial charge in [-0.15, -0.1) is 0 Å². The van der Waals surface area contributed by atoms with Crippen molar-refractivity contribution in [1.82, 2.24) is 10.6 Å². The first-order valence-electron chi connectivity index (χ1n) is 8.82. The van der Waals surface area contributed by atoms with Crippen LogP contribution in [0.2, 0.25) is 0 Å². The van der Waals surface area contributed by atoms with Gasteiger partial charge in [-0.2, -0.15) is 5.26 Å². The second-order valence-electron chi connectivity index (χ2n) is 6.48. The van der Waals surface area contributed by atoms with Crippen LogP contribution in [0.25, 0.3) is 0 Å². The molecule has 2 aromatic rings. The van der Waals surface area contributed by atoms with Crippen molar-refractivity contribution in [3.05, 3.63) is 64.5 Å². The first kappa shape index (κ1) is 20.2. The van der Waals surface area contributed by atoms with Gasteiger partial charge in [0.2, 0.25) is 0 Å². The van der Waals surface area contributed by atoms with E-state index < -0.39 is 0 Å². The number of benzene rings is 2. The molecule has 0 aliphatic carbocycles. The molecule has 0 unspecified atom stereocenters. The van der Waals surface area contributed by atoms with Crippen molar-refractivity contribution in [1.29, 1.82) is 5.26 Å². The van der Waals surface area contributed by atoms with Gasteiger partial charge >= 0.3 is 0 Å². The number of aryl methyl sites for hydroxylation is 1. The third kappa shape index (κ3) is 6.00. The largest absolute Gasteiger partial charge is 0.491 e. The lowest BCUT2D eigenvalue weighted by molar-refractivity contribution is 0.239. The molecule has 6 heteroatoms. The van der Waals surface area contributed by atoms with Crippen molar-refractivity contribution >= 4 is 5.96 Å². The number of halogens is 1. The standard InChI is InChI=1S/C21H25FN4O/c1-14(2)27-20-9-15(3)5-7-17(20)12-25-21(24-4)26-13-18-10-16(11-23)6-8-19(18)22/h5-10,14H,12-13H2,1-4H3,(H2,24,25,26). The highest BCUT2D eigenvalue weighted by atomic mass is 19.1. The fourth-order valence-corrected chi connectivity index (χ4v) is 2.53. The highest BCUT2D eigenvalue weighted by molar-refractivity contribution is 5.79. The predicted molar refractivity (Wildman–Crippen MR) is 105 cm³/mol. The Morgan fingerprint density at radius 3 is 2.48 bits per heavy atom. The van der Waals surface area contributed by atoms with Crippen molar-refractivity contribution in [3.63, 3.8) is 0 Å². The second kappa shape index (κ2) is 9.58. The molecule has 5 nitrogen and oxygen atoms in total. The van der Waals surface area contributed by atoms with E-state index in [-0.39, 0.29) is 18.5 Å². The molecule has 0 saturated heterocycles. The summed E-state index contributed by atoms with van der Waals surface area (Å²) in [6.45, 7) is 6.75. The smallest absolute Gasteiger partial charge is 0.191 e. The summed E-state index contributed by atoms with van der Waals surface area (Å²) in [7, 11) is 1.65. The van der Waals surface area contributed by atoms with E-state index in [1.807, 2.05) is 45.0 Å². The third-order valence-electron chi connectivity index (χ3n) is 3.88. The Bertz CT molecular complexity index is 856. The van der Waals surface area contributed by atoms with E-state index in [1.54, 1.807) is 7.05 Å². The van der Waals surface area contributed by atoms with Gasteiger partial charge in [-0.1, -0.05) is 12.1 Å². The minimum Gasteiger partial charge on any atom is -0.491 e. The maximum absolute atomic E-state index is 13.9. The Labute approximate surface area is 159 Å². The van der Waals surface area contributed by atoms with Crippen LogP contribution in [0.5, 0.6) is 5.75 Å². The molecule has 0 aromatic heterocycles. The minimum atomic E-state index is -0.358. The lowest BCUT2D eigenvalue weighted by Gasteiger charge is -2.17. The number of aliphatic imine (C=N–C) groups is 1. The van der Waals surface area contributed by atoms with Gasteiger partial charge in [0.1, 0.15) is 11.6 Å². The Morgan fingerprint density at radius 2 is 1.85 bits per heavy atom. The van der Waals surface area contributed by atoms with Crippen molar-refractivity contribution in [3.8, 4) is 11.8 Å². The summed E-state index contributed by atoms with van der Waals surface area (Å²) < 4.78 is 19.8. The topological polar surface area (TPSA) is 69.4 Å². The van der Waals surface area contributed by atoms with Crippen LogP contribution in [0, 0.1) is 24.1 Å². The van der Waals surface area contributed by atoms with Crippen LogP contribution in [0.1, 0.15) is 36.1 Å². The molecular weight excluding hydrogens is 343 g/mol. The first-order chi connectivity index (χ1) is 12.9. The zero-order chi connectivity index (χ0) is 19.8. The summed E-state index contributed by atoms with van der Waals surface area (Å²) in [4.78, 5) is 4.16. The van der Waals surface area contributed by atoms with E-state index in [0.29, 0.717) is 23.6 Å². The molecule has 0 aliphatic heterocycles. The number of hydrogen-bond donors (Lipinski definition) is 2. The van der Waals surface area contributed by atoms with E-state index >= 15 is 0 Å². The van der Waals surface area contributed by atoms with E-state index in [9.17, 15) is 4.39 Å². The molecule has 2 N–H and O–H groups in total. The number of nitrogens with one attached hydrogen (secondary N) is 2. The molecule has 0 radical (unpaired) electrons. The van der Waals surface area contributed by atoms with Crippen LogP contribution in [0.4, 0.5) is 4.39 Å². The highest BCUT2D eigenvalue weighted by Crippen LogP contribution is 2.21. The number of nitrogens with zero attached hydrogens (tertiary/aromatic N) is 2. The summed E-state index contributed by atoms with van der Waals surface area (Å²) in [5, 5.41) is 15.2. The SMILES string of the molecule is CN=C(NCc1cc(C#N)ccc1F)NCc1ccc(C)cc1OC(C)C. The summed E-state index contributed by atoms with van der Waals surface area (Å²) in [5.74, 6) is 1.01. The Hall–Kier alpha value is -3.07. The second-order valence-corrected chi connectivity index (χ2v) is 6.48. The fraction of sp³-hybridized carbons (Fsp3) is 0.333. The molecule has 142 valence electrons. The predicted octanol–water partition coefficient (Wildman–Crippen LogP) is 3.66. The van der Waals surface area contributed by atoms with Gasteiger partial charge < -0.3 is 15.4 Å². The minimum absolute atomic E-state index is 0.0818. The summed E-state index contributed by atoms with van der Waals surface area (Å²) in [6.07, 6.45) is 0.0818. The first-order valence-corrected chi connectivity index (χ1v) is 8.82. The van der Waals surface area contributed by atoms with E-state index in [0.717, 1.165) is 16.9 Å². The van der Waals surface area contributed by atoms with Gasteiger partial charge in [-0.05, 0) is 50.6 Å². The van der Waals surface area contributed by atoms with Crippen LogP contribution in [0.15, 0.2) is 41.4 Å². The molecule has 0 aliphatic rings. The number of ether oxygens (including phenoxy) is 1. The van der Waals surface area contributed by atoms with E-state index in [4.69, 9.17) is 10.00 Å². The molecule has 27 heavy (non-hydrogen) atoms. The lowest BCUT2D eigenvalue weighted by atomic mass is 10.1. The quantitative estimate of drug-likeness (QED) is 0.603. The lowest BCUT2D eigenvalue weighted by Crippen LogP contribution is -2.36. The van der Waals surface area contributed by atoms with Crippen molar-refractivity contribution in [2.45, 2.75) is 40.0 Å². The molecule has 0 amide bonds. The summed E-state index contributed by atoms with van der Waals surface area (Å²) >= 11 is 0. The molecule has 0 saturated carbocycles. The van der Waals surface area contributed by atoms with Gasteiger partial charge in [0.05, 0.1) is 17.7 Å². The van der Waals surface area contributed by atoms with Crippen molar-refractivity contribution < 1.29 is 9.13 Å². The fourth-order valence-electron chi connectivity index (χ4n) is 2.53. The maximum Gasteiger partial charge on any atom is 0.191 e. The number of hydrogen-bond acceptors (Lipinski definition) is 3. The van der Waals surface area contributed by atoms with Crippen LogP contribution in [0.3, 0.4) is 0 Å². The average Bonchev–Trinajstić information content (AvgIpc) is 2.64. The molecule has 0 atom stereocenters. The number of rotatable bonds is 6. The molecule has 2 rings (SSSR count). The maximum atomic E-state index is 13.9. The van der Waals surface area contributed by atoms with Crippen molar-refractivity contribution in [2.75, 3.05) is 7.05 Å². The molecule has 0 fully saturated rings. The van der Waals surface area contributed by atoms with Crippen molar-refractivity contribution in [2.24, 2.45) is 4.99 Å². The molecular formula is C21H25FN4O. The average molecular weight is 368 g/mol. The zero-order valence-corrected chi connectivity index (χ0v) is 16.1. The third-order valence-corrected chi connectivity index (χ3v) is 3.88. The van der Waals surface area contributed by atoms with Crippen LogP contribution >= 0.6 is 0 Å². The zero-order valence-electron chi connectivity index (χ0n) is 16.1. The van der Waals surface area contributed by atoms with Crippen LogP contribution < -0.4 is 15.4 Å². The highest BCUT2D eigenvalue weighted by Gasteiger charge is 2.09. The van der Waals surface area contributed by atoms with Gasteiger partial charge in [-0.25, -0.2) is 4.39 Å². The monoisotopic (exact) mass is 368 g/mol. The van der Waals surface area contributed by atoms with Crippen LogP contribution in [-0.4, -0.2) is 19.1 Å². The summed E-state index contributed by atoms with van der Waals surface area (Å²) in [5.41, 5.74) is 2.97. The molecule has 0 spiro atoms. The number of guanidine groups is 1. The normalized spacial score (nSPS) is 11.2. The molecule has 0 heterocycles. The summed E-state index contributed by atoms with van der Waals surface area (Å²) in [6, 6.07) is 12.4. The van der Waals surface area contributed by atoms with Gasteiger partial charge in [0.15, 0.2) is 5.96 Å². The van der Waals surface area contributed by atoms with Gasteiger partial charge in [0, 0.05) is 31.3 Å². The van der Waals surface area contributed by atoms with E-state index in [1.165, 1.54) is 18.2 Å². The Morgan fingerprint density at radius 1 is 1.15 bits per heavy atom. The van der Waals surface area contributed by atoms with Gasteiger partial charge in [0.25, 0.3) is 0 Å². The van der Waals surface area contributed by atoms with E-state index in [2.05, 4.69) is 15.6 Å². The van der Waals surface area contributed by atoms with Crippen LogP contribution in [-0.2, 0) is 13.1 Å². The molecule has 2 aromatic carbocycles. The number of nitriles is 1. The Kier molecular flexibility index (Phi) is 7.18. The molecule has 0 bridgehead atoms. The van der Waals surface area contributed by atoms with Gasteiger partial charge in [-0.3, -0.25) is 4.99 Å². The Balaban J connectivity index is 2.02.